The minimum Gasteiger partial charge on any atom is -0.337 e. The molecule has 2 rings (SSSR count). The van der Waals surface area contributed by atoms with Gasteiger partial charge in [0.1, 0.15) is 5.69 Å². The van der Waals surface area contributed by atoms with E-state index in [1.807, 2.05) is 11.8 Å². The quantitative estimate of drug-likeness (QED) is 0.813. The second-order valence-corrected chi connectivity index (χ2v) is 4.54. The first-order valence-corrected chi connectivity index (χ1v) is 5.98. The molecule has 0 bridgehead atoms. The van der Waals surface area contributed by atoms with Gasteiger partial charge in [0, 0.05) is 19.3 Å². The van der Waals surface area contributed by atoms with Gasteiger partial charge >= 0.3 is 0 Å². The van der Waals surface area contributed by atoms with Crippen molar-refractivity contribution in [2.75, 3.05) is 19.6 Å². The second-order valence-electron chi connectivity index (χ2n) is 4.54. The summed E-state index contributed by atoms with van der Waals surface area (Å²) in [5.41, 5.74) is 6.90. The molecule has 0 aromatic carbocycles. The lowest BCUT2D eigenvalue weighted by Crippen LogP contribution is -2.42. The number of carbonyl (C=O) groups excluding carboxylic acids is 1. The van der Waals surface area contributed by atoms with Crippen LogP contribution in [0.5, 0.6) is 0 Å². The molecule has 0 radical (unpaired) electrons. The van der Waals surface area contributed by atoms with E-state index in [4.69, 9.17) is 5.73 Å². The molecule has 1 atom stereocenters. The lowest BCUT2D eigenvalue weighted by Gasteiger charge is -2.31. The van der Waals surface area contributed by atoms with Crippen LogP contribution >= 0.6 is 0 Å². The first-order valence-electron chi connectivity index (χ1n) is 5.98. The first kappa shape index (κ1) is 12.0. The van der Waals surface area contributed by atoms with Crippen molar-refractivity contribution >= 4 is 5.91 Å². The molecular formula is C12H18N4O. The van der Waals surface area contributed by atoms with Gasteiger partial charge in [-0.1, -0.05) is 0 Å². The highest BCUT2D eigenvalue weighted by molar-refractivity contribution is 5.92. The van der Waals surface area contributed by atoms with Gasteiger partial charge < -0.3 is 10.6 Å². The number of aryl methyl sites for hydroxylation is 1. The van der Waals surface area contributed by atoms with Gasteiger partial charge in [-0.3, -0.25) is 9.78 Å². The lowest BCUT2D eigenvalue weighted by atomic mass is 9.98. The van der Waals surface area contributed by atoms with Gasteiger partial charge in [-0.2, -0.15) is 0 Å². The summed E-state index contributed by atoms with van der Waals surface area (Å²) in [5.74, 6) is 0.391. The Balaban J connectivity index is 2.06. The molecule has 1 aromatic heterocycles. The fourth-order valence-electron chi connectivity index (χ4n) is 2.11. The summed E-state index contributed by atoms with van der Waals surface area (Å²) in [7, 11) is 0. The van der Waals surface area contributed by atoms with Crippen LogP contribution in [0.1, 0.15) is 29.0 Å². The van der Waals surface area contributed by atoms with E-state index in [1.165, 1.54) is 0 Å². The van der Waals surface area contributed by atoms with Crippen LogP contribution in [0.25, 0.3) is 0 Å². The molecule has 1 aliphatic rings. The van der Waals surface area contributed by atoms with Crippen molar-refractivity contribution in [3.63, 3.8) is 0 Å². The van der Waals surface area contributed by atoms with Crippen LogP contribution in [0.4, 0.5) is 0 Å². The monoisotopic (exact) mass is 234 g/mol. The Kier molecular flexibility index (Phi) is 3.68. The Morgan fingerprint density at radius 2 is 2.35 bits per heavy atom. The minimum absolute atomic E-state index is 0.0318. The van der Waals surface area contributed by atoms with Crippen LogP contribution in [0.15, 0.2) is 12.4 Å². The zero-order valence-corrected chi connectivity index (χ0v) is 10.1. The molecule has 0 unspecified atom stereocenters. The molecule has 1 saturated heterocycles. The second kappa shape index (κ2) is 5.23. The van der Waals surface area contributed by atoms with Gasteiger partial charge in [0.25, 0.3) is 5.91 Å². The van der Waals surface area contributed by atoms with Gasteiger partial charge in [0.05, 0.1) is 11.9 Å². The summed E-state index contributed by atoms with van der Waals surface area (Å²) in [6.45, 7) is 4.03. The Morgan fingerprint density at radius 3 is 3.00 bits per heavy atom. The molecular weight excluding hydrogens is 216 g/mol. The molecule has 92 valence electrons. The van der Waals surface area contributed by atoms with Crippen molar-refractivity contribution in [2.45, 2.75) is 19.8 Å². The molecule has 0 aliphatic carbocycles. The Morgan fingerprint density at radius 1 is 1.53 bits per heavy atom. The van der Waals surface area contributed by atoms with Crippen LogP contribution in [-0.2, 0) is 0 Å². The van der Waals surface area contributed by atoms with Gasteiger partial charge in [0.2, 0.25) is 0 Å². The molecule has 1 aromatic rings. The molecule has 17 heavy (non-hydrogen) atoms. The predicted molar refractivity (Wildman–Crippen MR) is 64.5 cm³/mol. The van der Waals surface area contributed by atoms with Crippen molar-refractivity contribution in [3.05, 3.63) is 23.8 Å². The minimum atomic E-state index is -0.0318. The Hall–Kier alpha value is -1.49. The highest BCUT2D eigenvalue weighted by Gasteiger charge is 2.24. The van der Waals surface area contributed by atoms with Crippen LogP contribution in [-0.4, -0.2) is 40.4 Å². The van der Waals surface area contributed by atoms with E-state index < -0.39 is 0 Å². The van der Waals surface area contributed by atoms with E-state index in [-0.39, 0.29) is 5.91 Å². The zero-order valence-electron chi connectivity index (χ0n) is 10.1. The van der Waals surface area contributed by atoms with Crippen molar-refractivity contribution in [1.29, 1.82) is 0 Å². The predicted octanol–water partition coefficient (Wildman–Crippen LogP) is 0.596. The normalized spacial score (nSPS) is 20.4. The van der Waals surface area contributed by atoms with Gasteiger partial charge in [0.15, 0.2) is 0 Å². The summed E-state index contributed by atoms with van der Waals surface area (Å²) in [5, 5.41) is 0. The van der Waals surface area contributed by atoms with Gasteiger partial charge in [-0.05, 0) is 32.2 Å². The summed E-state index contributed by atoms with van der Waals surface area (Å²) in [4.78, 5) is 22.2. The van der Waals surface area contributed by atoms with Crippen LogP contribution < -0.4 is 5.73 Å². The molecule has 1 amide bonds. The van der Waals surface area contributed by atoms with Gasteiger partial charge in [-0.15, -0.1) is 0 Å². The van der Waals surface area contributed by atoms with Crippen molar-refractivity contribution < 1.29 is 4.79 Å². The third-order valence-corrected chi connectivity index (χ3v) is 3.14. The average molecular weight is 234 g/mol. The van der Waals surface area contributed by atoms with Crippen molar-refractivity contribution in [2.24, 2.45) is 11.7 Å². The summed E-state index contributed by atoms with van der Waals surface area (Å²) in [6.07, 6.45) is 5.30. The molecule has 1 fully saturated rings. The van der Waals surface area contributed by atoms with Crippen molar-refractivity contribution in [3.8, 4) is 0 Å². The molecule has 5 heteroatoms. The Bertz CT molecular complexity index is 390. The highest BCUT2D eigenvalue weighted by atomic mass is 16.2. The summed E-state index contributed by atoms with van der Waals surface area (Å²) < 4.78 is 0. The molecule has 1 aliphatic heterocycles. The maximum Gasteiger partial charge on any atom is 0.274 e. The molecule has 5 nitrogen and oxygen atoms in total. The fourth-order valence-corrected chi connectivity index (χ4v) is 2.11. The molecule has 2 N–H and O–H groups in total. The van der Waals surface area contributed by atoms with E-state index >= 15 is 0 Å². The number of aromatic nitrogens is 2. The third kappa shape index (κ3) is 2.79. The first-order chi connectivity index (χ1) is 8.20. The van der Waals surface area contributed by atoms with Crippen LogP contribution in [0.3, 0.4) is 0 Å². The largest absolute Gasteiger partial charge is 0.337 e. The van der Waals surface area contributed by atoms with Crippen molar-refractivity contribution in [1.82, 2.24) is 14.9 Å². The van der Waals surface area contributed by atoms with Crippen LogP contribution in [0, 0.1) is 12.8 Å². The number of carbonyl (C=O) groups is 1. The number of nitrogens with zero attached hydrogens (tertiary/aromatic N) is 3. The number of hydrogen-bond donors (Lipinski definition) is 1. The average Bonchev–Trinajstić information content (AvgIpc) is 2.39. The molecule has 2 heterocycles. The molecule has 0 spiro atoms. The number of nitrogens with two attached hydrogens (primary N) is 1. The van der Waals surface area contributed by atoms with Gasteiger partial charge in [-0.25, -0.2) is 4.98 Å². The fraction of sp³-hybridized carbons (Fsp3) is 0.583. The van der Waals surface area contributed by atoms with Crippen LogP contribution in [0.2, 0.25) is 0 Å². The zero-order chi connectivity index (χ0) is 12.3. The number of likely N-dealkylation sites (tertiary alicyclic amines) is 1. The standard InChI is InChI=1S/C12H18N4O/c1-9-6-15-11(7-14-9)12(17)16-4-2-3-10(5-13)8-16/h6-7,10H,2-5,8,13H2,1H3/t10-/m1/s1. The number of amides is 1. The summed E-state index contributed by atoms with van der Waals surface area (Å²) >= 11 is 0. The number of hydrogen-bond acceptors (Lipinski definition) is 4. The lowest BCUT2D eigenvalue weighted by molar-refractivity contribution is 0.0671. The SMILES string of the molecule is Cc1cnc(C(=O)N2CCC[C@H](CN)C2)cn1. The van der Waals surface area contributed by atoms with E-state index in [1.54, 1.807) is 12.4 Å². The Labute approximate surface area is 101 Å². The third-order valence-electron chi connectivity index (χ3n) is 3.14. The van der Waals surface area contributed by atoms with E-state index in [2.05, 4.69) is 9.97 Å². The molecule has 0 saturated carbocycles. The maximum absolute atomic E-state index is 12.2. The van der Waals surface area contributed by atoms with E-state index in [9.17, 15) is 4.79 Å². The maximum atomic E-state index is 12.2. The number of piperidine rings is 1. The topological polar surface area (TPSA) is 72.1 Å². The van der Waals surface area contributed by atoms with E-state index in [0.29, 0.717) is 18.2 Å². The van der Waals surface area contributed by atoms with E-state index in [0.717, 1.165) is 31.6 Å². The smallest absolute Gasteiger partial charge is 0.274 e. The summed E-state index contributed by atoms with van der Waals surface area (Å²) in [6, 6.07) is 0. The number of rotatable bonds is 2. The highest BCUT2D eigenvalue weighted by Crippen LogP contribution is 2.16.